The quantitative estimate of drug-likeness (QED) is 0.825. The summed E-state index contributed by atoms with van der Waals surface area (Å²) in [7, 11) is 1.72. The third kappa shape index (κ3) is 3.78. The number of aryl methyl sites for hydroxylation is 1. The van der Waals surface area contributed by atoms with Crippen LogP contribution in [0.25, 0.3) is 0 Å². The second kappa shape index (κ2) is 6.89. The maximum absolute atomic E-state index is 6.03. The number of nitrogens with one attached hydrogen (secondary N) is 1. The van der Waals surface area contributed by atoms with Crippen LogP contribution in [0.15, 0.2) is 18.2 Å². The van der Waals surface area contributed by atoms with Crippen LogP contribution in [-0.2, 0) is 4.74 Å². The van der Waals surface area contributed by atoms with Gasteiger partial charge < -0.3 is 10.1 Å². The molecular weight excluding hydrogens is 222 g/mol. The van der Waals surface area contributed by atoms with Crippen molar-refractivity contribution in [2.75, 3.05) is 20.3 Å². The van der Waals surface area contributed by atoms with E-state index >= 15 is 0 Å². The predicted molar refractivity (Wildman–Crippen MR) is 69.1 cm³/mol. The number of methoxy groups -OCH3 is 1. The first-order chi connectivity index (χ1) is 7.69. The van der Waals surface area contributed by atoms with Gasteiger partial charge in [0.2, 0.25) is 0 Å². The summed E-state index contributed by atoms with van der Waals surface area (Å²) < 4.78 is 5.24. The van der Waals surface area contributed by atoms with Crippen molar-refractivity contribution in [1.82, 2.24) is 5.32 Å². The van der Waals surface area contributed by atoms with Gasteiger partial charge in [-0.15, -0.1) is 0 Å². The first kappa shape index (κ1) is 13.5. The summed E-state index contributed by atoms with van der Waals surface area (Å²) in [6, 6.07) is 6.21. The Bertz CT molecular complexity index is 328. The van der Waals surface area contributed by atoms with Crippen LogP contribution >= 0.6 is 11.6 Å². The zero-order valence-corrected chi connectivity index (χ0v) is 11.0. The highest BCUT2D eigenvalue weighted by Crippen LogP contribution is 2.22. The van der Waals surface area contributed by atoms with Gasteiger partial charge in [-0.1, -0.05) is 24.6 Å². The van der Waals surface area contributed by atoms with E-state index in [1.165, 1.54) is 11.1 Å². The summed E-state index contributed by atoms with van der Waals surface area (Å²) >= 11 is 6.03. The van der Waals surface area contributed by atoms with Crippen LogP contribution in [0.1, 0.15) is 30.5 Å². The van der Waals surface area contributed by atoms with Crippen molar-refractivity contribution in [1.29, 1.82) is 0 Å². The second-order valence-corrected chi connectivity index (χ2v) is 4.40. The van der Waals surface area contributed by atoms with Gasteiger partial charge in [0, 0.05) is 12.1 Å². The number of hydrogen-bond donors (Lipinski definition) is 1. The summed E-state index contributed by atoms with van der Waals surface area (Å²) in [5, 5.41) is 4.25. The molecule has 1 N–H and O–H groups in total. The monoisotopic (exact) mass is 241 g/mol. The Morgan fingerprint density at radius 3 is 2.81 bits per heavy atom. The fraction of sp³-hybridized carbons (Fsp3) is 0.538. The van der Waals surface area contributed by atoms with E-state index in [0.717, 1.165) is 18.0 Å². The zero-order valence-electron chi connectivity index (χ0n) is 10.2. The van der Waals surface area contributed by atoms with Gasteiger partial charge in [0.15, 0.2) is 0 Å². The van der Waals surface area contributed by atoms with Crippen molar-refractivity contribution in [2.24, 2.45) is 0 Å². The molecule has 0 fully saturated rings. The molecule has 1 rings (SSSR count). The normalized spacial score (nSPS) is 12.8. The average Bonchev–Trinajstić information content (AvgIpc) is 2.28. The van der Waals surface area contributed by atoms with Crippen molar-refractivity contribution in [3.63, 3.8) is 0 Å². The third-order valence-corrected chi connectivity index (χ3v) is 2.83. The maximum Gasteiger partial charge on any atom is 0.0657 e. The minimum atomic E-state index is 0.226. The Morgan fingerprint density at radius 2 is 2.19 bits per heavy atom. The van der Waals surface area contributed by atoms with E-state index < -0.39 is 0 Å². The first-order valence-electron chi connectivity index (χ1n) is 5.67. The molecule has 0 bridgehead atoms. The smallest absolute Gasteiger partial charge is 0.0657 e. The van der Waals surface area contributed by atoms with Crippen molar-refractivity contribution < 1.29 is 4.74 Å². The molecule has 0 saturated heterocycles. The van der Waals surface area contributed by atoms with Crippen molar-refractivity contribution in [3.8, 4) is 0 Å². The van der Waals surface area contributed by atoms with E-state index in [-0.39, 0.29) is 6.04 Å². The summed E-state index contributed by atoms with van der Waals surface area (Å²) in [6.45, 7) is 5.91. The number of hydrogen-bond acceptors (Lipinski definition) is 2. The highest BCUT2D eigenvalue weighted by molar-refractivity contribution is 6.30. The Hall–Kier alpha value is -0.570. The maximum atomic E-state index is 6.03. The van der Waals surface area contributed by atoms with Gasteiger partial charge in [0.25, 0.3) is 0 Å². The molecule has 1 unspecified atom stereocenters. The number of benzene rings is 1. The van der Waals surface area contributed by atoms with Gasteiger partial charge in [-0.2, -0.15) is 0 Å². The van der Waals surface area contributed by atoms with Crippen LogP contribution in [0.4, 0.5) is 0 Å². The van der Waals surface area contributed by atoms with Gasteiger partial charge >= 0.3 is 0 Å². The lowest BCUT2D eigenvalue weighted by atomic mass is 10.0. The van der Waals surface area contributed by atoms with Crippen molar-refractivity contribution in [3.05, 3.63) is 34.3 Å². The highest BCUT2D eigenvalue weighted by Gasteiger charge is 2.13. The van der Waals surface area contributed by atoms with Crippen molar-refractivity contribution in [2.45, 2.75) is 26.3 Å². The molecule has 0 aliphatic heterocycles. The molecule has 3 heteroatoms. The molecule has 0 radical (unpaired) electrons. The molecule has 16 heavy (non-hydrogen) atoms. The standard InChI is InChI=1S/C13H20ClNO/c1-4-7-15-13(9-16-3)12-8-11(14)6-5-10(12)2/h5-6,8,13,15H,4,7,9H2,1-3H3. The Balaban J connectivity index is 2.85. The lowest BCUT2D eigenvalue weighted by Gasteiger charge is -2.20. The van der Waals surface area contributed by atoms with Gasteiger partial charge in [-0.3, -0.25) is 0 Å². The SMILES string of the molecule is CCCNC(COC)c1cc(Cl)ccc1C. The lowest BCUT2D eigenvalue weighted by molar-refractivity contribution is 0.167. The molecule has 1 atom stereocenters. The van der Waals surface area contributed by atoms with Gasteiger partial charge in [0.1, 0.15) is 0 Å². The molecule has 0 heterocycles. The average molecular weight is 242 g/mol. The topological polar surface area (TPSA) is 21.3 Å². The van der Waals surface area contributed by atoms with Gasteiger partial charge in [-0.25, -0.2) is 0 Å². The van der Waals surface area contributed by atoms with Crippen LogP contribution in [0.2, 0.25) is 5.02 Å². The van der Waals surface area contributed by atoms with Crippen molar-refractivity contribution >= 4 is 11.6 Å². The minimum Gasteiger partial charge on any atom is -0.383 e. The Kier molecular flexibility index (Phi) is 5.81. The largest absolute Gasteiger partial charge is 0.383 e. The fourth-order valence-electron chi connectivity index (χ4n) is 1.73. The van der Waals surface area contributed by atoms with Crippen LogP contribution in [0.3, 0.4) is 0 Å². The van der Waals surface area contributed by atoms with Gasteiger partial charge in [-0.05, 0) is 43.1 Å². The highest BCUT2D eigenvalue weighted by atomic mass is 35.5. The molecule has 0 aliphatic rings. The van der Waals surface area contributed by atoms with Crippen LogP contribution in [-0.4, -0.2) is 20.3 Å². The Labute approximate surface area is 103 Å². The third-order valence-electron chi connectivity index (χ3n) is 2.59. The molecule has 0 spiro atoms. The van der Waals surface area contributed by atoms with E-state index in [2.05, 4.69) is 19.2 Å². The van der Waals surface area contributed by atoms with Crippen LogP contribution in [0, 0.1) is 6.92 Å². The van der Waals surface area contributed by atoms with E-state index in [1.807, 2.05) is 18.2 Å². The summed E-state index contributed by atoms with van der Waals surface area (Å²) in [5.41, 5.74) is 2.47. The number of rotatable bonds is 6. The lowest BCUT2D eigenvalue weighted by Crippen LogP contribution is -2.26. The molecule has 90 valence electrons. The second-order valence-electron chi connectivity index (χ2n) is 3.96. The molecule has 0 aliphatic carbocycles. The zero-order chi connectivity index (χ0) is 12.0. The summed E-state index contributed by atoms with van der Waals surface area (Å²) in [5.74, 6) is 0. The number of ether oxygens (including phenoxy) is 1. The molecule has 0 amide bonds. The van der Waals surface area contributed by atoms with E-state index in [9.17, 15) is 0 Å². The Morgan fingerprint density at radius 1 is 1.44 bits per heavy atom. The summed E-state index contributed by atoms with van der Waals surface area (Å²) in [4.78, 5) is 0. The van der Waals surface area contributed by atoms with Gasteiger partial charge in [0.05, 0.1) is 12.6 Å². The minimum absolute atomic E-state index is 0.226. The molecule has 1 aromatic carbocycles. The first-order valence-corrected chi connectivity index (χ1v) is 6.05. The van der Waals surface area contributed by atoms with E-state index in [0.29, 0.717) is 6.61 Å². The number of halogens is 1. The molecule has 1 aromatic rings. The molecule has 0 saturated carbocycles. The molecular formula is C13H20ClNO. The van der Waals surface area contributed by atoms with Crippen LogP contribution < -0.4 is 5.32 Å². The predicted octanol–water partition coefficient (Wildman–Crippen LogP) is 3.34. The fourth-order valence-corrected chi connectivity index (χ4v) is 1.91. The van der Waals surface area contributed by atoms with Crippen LogP contribution in [0.5, 0.6) is 0 Å². The molecule has 0 aromatic heterocycles. The van der Waals surface area contributed by atoms with E-state index in [1.54, 1.807) is 7.11 Å². The van der Waals surface area contributed by atoms with E-state index in [4.69, 9.17) is 16.3 Å². The summed E-state index contributed by atoms with van der Waals surface area (Å²) in [6.07, 6.45) is 1.11. The molecule has 2 nitrogen and oxygen atoms in total.